The summed E-state index contributed by atoms with van der Waals surface area (Å²) in [4.78, 5) is 12.1. The molecular weight excluding hydrogens is 398 g/mol. The Labute approximate surface area is 174 Å². The number of hydrogen-bond donors (Lipinski definition) is 5. The summed E-state index contributed by atoms with van der Waals surface area (Å²) in [6, 6.07) is 3.39. The lowest BCUT2D eigenvalue weighted by Crippen LogP contribution is -2.58. The highest BCUT2D eigenvalue weighted by atomic mass is 16.5. The van der Waals surface area contributed by atoms with E-state index in [1.54, 1.807) is 18.2 Å². The highest BCUT2D eigenvalue weighted by Gasteiger charge is 2.42. The molecule has 0 aliphatic carbocycles. The lowest BCUT2D eigenvalue weighted by Gasteiger charge is -2.40. The van der Waals surface area contributed by atoms with Crippen molar-refractivity contribution in [3.05, 3.63) is 23.8 Å². The van der Waals surface area contributed by atoms with Gasteiger partial charge in [0.15, 0.2) is 11.5 Å². The van der Waals surface area contributed by atoms with E-state index in [1.807, 2.05) is 0 Å². The molecule has 5 N–H and O–H groups in total. The van der Waals surface area contributed by atoms with Gasteiger partial charge in [-0.25, -0.2) is 0 Å². The first-order valence-corrected chi connectivity index (χ1v) is 9.42. The van der Waals surface area contributed by atoms with Crippen molar-refractivity contribution in [2.75, 3.05) is 34.5 Å². The van der Waals surface area contributed by atoms with Crippen molar-refractivity contribution in [1.82, 2.24) is 5.32 Å². The van der Waals surface area contributed by atoms with Crippen molar-refractivity contribution in [3.63, 3.8) is 0 Å². The Morgan fingerprint density at radius 1 is 1.03 bits per heavy atom. The average molecular weight is 427 g/mol. The Balaban J connectivity index is 1.92. The topological polar surface area (TPSA) is 147 Å². The second-order valence-electron chi connectivity index (χ2n) is 6.74. The zero-order chi connectivity index (χ0) is 22.3. The van der Waals surface area contributed by atoms with Crippen molar-refractivity contribution in [1.29, 1.82) is 0 Å². The lowest BCUT2D eigenvalue weighted by molar-refractivity contribution is -0.229. The number of ether oxygens (including phenoxy) is 4. The summed E-state index contributed by atoms with van der Waals surface area (Å²) in [5.41, 5.74) is 0.661. The van der Waals surface area contributed by atoms with E-state index in [1.165, 1.54) is 27.4 Å². The summed E-state index contributed by atoms with van der Waals surface area (Å²) in [5.74, 6) is 0.980. The summed E-state index contributed by atoms with van der Waals surface area (Å²) in [6.07, 6.45) is -2.88. The van der Waals surface area contributed by atoms with E-state index in [4.69, 9.17) is 18.9 Å². The molecule has 1 amide bonds. The first-order valence-electron chi connectivity index (χ1n) is 9.42. The molecule has 0 unspecified atom stereocenters. The van der Waals surface area contributed by atoms with Crippen LogP contribution in [-0.4, -0.2) is 91.3 Å². The maximum absolute atomic E-state index is 12.1. The van der Waals surface area contributed by atoms with Gasteiger partial charge in [-0.1, -0.05) is 0 Å². The molecular formula is C20H29NO9. The molecule has 1 aromatic rings. The maximum atomic E-state index is 12.1. The number of benzene rings is 1. The van der Waals surface area contributed by atoms with Crippen molar-refractivity contribution < 1.29 is 44.2 Å². The molecule has 1 aliphatic rings. The minimum absolute atomic E-state index is 0.154. The number of amides is 1. The lowest BCUT2D eigenvalue weighted by atomic mass is 9.93. The van der Waals surface area contributed by atoms with Gasteiger partial charge in [0.05, 0.1) is 34.0 Å². The number of rotatable bonds is 9. The number of carbonyl (C=O) groups is 1. The van der Waals surface area contributed by atoms with E-state index in [0.717, 1.165) is 0 Å². The molecule has 168 valence electrons. The van der Waals surface area contributed by atoms with Crippen molar-refractivity contribution in [3.8, 4) is 17.2 Å². The van der Waals surface area contributed by atoms with Gasteiger partial charge in [-0.2, -0.15) is 0 Å². The van der Waals surface area contributed by atoms with Gasteiger partial charge in [0.25, 0.3) is 0 Å². The van der Waals surface area contributed by atoms with Gasteiger partial charge in [-0.3, -0.25) is 4.79 Å². The number of nitrogens with one attached hydrogen (secondary N) is 1. The zero-order valence-electron chi connectivity index (χ0n) is 17.1. The fourth-order valence-corrected chi connectivity index (χ4v) is 3.18. The van der Waals surface area contributed by atoms with Crippen LogP contribution < -0.4 is 19.5 Å². The monoisotopic (exact) mass is 427 g/mol. The summed E-state index contributed by atoms with van der Waals surface area (Å²) < 4.78 is 21.2. The highest BCUT2D eigenvalue weighted by Crippen LogP contribution is 2.38. The molecule has 1 fully saturated rings. The van der Waals surface area contributed by atoms with Crippen LogP contribution >= 0.6 is 0 Å². The number of aliphatic hydroxyl groups excluding tert-OH is 4. The molecule has 0 aromatic heterocycles. The molecule has 0 bridgehead atoms. The molecule has 2 rings (SSSR count). The molecule has 1 saturated heterocycles. The van der Waals surface area contributed by atoms with Crippen LogP contribution in [-0.2, 0) is 9.53 Å². The van der Waals surface area contributed by atoms with Crippen LogP contribution in [0.4, 0.5) is 0 Å². The first-order chi connectivity index (χ1) is 14.4. The van der Waals surface area contributed by atoms with E-state index >= 15 is 0 Å². The quantitative estimate of drug-likeness (QED) is 0.316. The molecule has 1 heterocycles. The Morgan fingerprint density at radius 3 is 2.17 bits per heavy atom. The SMILES string of the molecule is COc1cc(/C=C\C(=O)NCC[C@H]2O[C@H](CO)[C@H](O)[C@H](O)[C@H]2O)cc(OC)c1OC. The first kappa shape index (κ1) is 23.9. The molecule has 0 saturated carbocycles. The summed E-state index contributed by atoms with van der Waals surface area (Å²) in [5, 5.41) is 41.4. The maximum Gasteiger partial charge on any atom is 0.244 e. The van der Waals surface area contributed by atoms with Crippen LogP contribution in [0.25, 0.3) is 6.08 Å². The minimum Gasteiger partial charge on any atom is -0.493 e. The van der Waals surface area contributed by atoms with E-state index in [9.17, 15) is 25.2 Å². The van der Waals surface area contributed by atoms with Gasteiger partial charge in [-0.15, -0.1) is 0 Å². The van der Waals surface area contributed by atoms with E-state index in [-0.39, 0.29) is 18.9 Å². The fraction of sp³-hybridized carbons (Fsp3) is 0.550. The van der Waals surface area contributed by atoms with Crippen LogP contribution in [0.15, 0.2) is 18.2 Å². The van der Waals surface area contributed by atoms with E-state index < -0.39 is 37.1 Å². The molecule has 10 nitrogen and oxygen atoms in total. The standard InChI is InChI=1S/C20H29NO9/c1-27-13-8-11(9-14(28-2)20(13)29-3)4-5-16(23)21-7-6-12-17(24)19(26)18(25)15(10-22)30-12/h4-5,8-9,12,15,17-19,22,24-26H,6-7,10H2,1-3H3,(H,21,23)/b5-4-/t12-,15-,17+,18+,19-/m1/s1. The van der Waals surface area contributed by atoms with Gasteiger partial charge in [0, 0.05) is 12.6 Å². The highest BCUT2D eigenvalue weighted by molar-refractivity contribution is 5.91. The zero-order valence-corrected chi connectivity index (χ0v) is 17.1. The number of carbonyl (C=O) groups excluding carboxylic acids is 1. The van der Waals surface area contributed by atoms with E-state index in [0.29, 0.717) is 22.8 Å². The van der Waals surface area contributed by atoms with Crippen LogP contribution in [0.2, 0.25) is 0 Å². The molecule has 0 spiro atoms. The molecule has 10 heteroatoms. The normalized spacial score (nSPS) is 26.4. The largest absolute Gasteiger partial charge is 0.493 e. The Kier molecular flexibility index (Phi) is 8.88. The fourth-order valence-electron chi connectivity index (χ4n) is 3.18. The Bertz CT molecular complexity index is 712. The number of aliphatic hydroxyl groups is 4. The summed E-state index contributed by atoms with van der Waals surface area (Å²) in [6.45, 7) is -0.341. The molecule has 0 radical (unpaired) electrons. The van der Waals surface area contributed by atoms with Gasteiger partial charge >= 0.3 is 0 Å². The summed E-state index contributed by atoms with van der Waals surface area (Å²) in [7, 11) is 4.49. The Hall–Kier alpha value is -2.37. The second kappa shape index (κ2) is 11.1. The van der Waals surface area contributed by atoms with Crippen LogP contribution in [0, 0.1) is 0 Å². The molecule has 1 aromatic carbocycles. The average Bonchev–Trinajstić information content (AvgIpc) is 2.76. The van der Waals surface area contributed by atoms with Gasteiger partial charge in [-0.05, 0) is 30.2 Å². The van der Waals surface area contributed by atoms with E-state index in [2.05, 4.69) is 5.32 Å². The van der Waals surface area contributed by atoms with Gasteiger partial charge in [0.1, 0.15) is 24.4 Å². The third kappa shape index (κ3) is 5.61. The third-order valence-corrected chi connectivity index (χ3v) is 4.83. The molecule has 1 aliphatic heterocycles. The molecule has 5 atom stereocenters. The predicted octanol–water partition coefficient (Wildman–Crippen LogP) is -0.926. The van der Waals surface area contributed by atoms with Crippen molar-refractivity contribution >= 4 is 12.0 Å². The summed E-state index contributed by atoms with van der Waals surface area (Å²) >= 11 is 0. The minimum atomic E-state index is -1.43. The number of hydrogen-bond acceptors (Lipinski definition) is 9. The Morgan fingerprint density at radius 2 is 1.63 bits per heavy atom. The second-order valence-corrected chi connectivity index (χ2v) is 6.74. The van der Waals surface area contributed by atoms with Crippen molar-refractivity contribution in [2.24, 2.45) is 0 Å². The van der Waals surface area contributed by atoms with Crippen LogP contribution in [0.1, 0.15) is 12.0 Å². The predicted molar refractivity (Wildman–Crippen MR) is 107 cm³/mol. The van der Waals surface area contributed by atoms with Crippen LogP contribution in [0.3, 0.4) is 0 Å². The molecule has 30 heavy (non-hydrogen) atoms. The van der Waals surface area contributed by atoms with Crippen molar-refractivity contribution in [2.45, 2.75) is 36.9 Å². The number of methoxy groups -OCH3 is 3. The van der Waals surface area contributed by atoms with Gasteiger partial charge < -0.3 is 44.7 Å². The van der Waals surface area contributed by atoms with Gasteiger partial charge in [0.2, 0.25) is 11.7 Å². The van der Waals surface area contributed by atoms with Crippen LogP contribution in [0.5, 0.6) is 17.2 Å². The third-order valence-electron chi connectivity index (χ3n) is 4.83. The smallest absolute Gasteiger partial charge is 0.244 e.